The van der Waals surface area contributed by atoms with Gasteiger partial charge in [0.15, 0.2) is 6.61 Å². The van der Waals surface area contributed by atoms with Gasteiger partial charge in [0, 0.05) is 23.8 Å². The van der Waals surface area contributed by atoms with Crippen LogP contribution in [0.5, 0.6) is 11.5 Å². The van der Waals surface area contributed by atoms with Gasteiger partial charge in [-0.25, -0.2) is 12.8 Å². The number of sulfonamides is 1. The van der Waals surface area contributed by atoms with Crippen molar-refractivity contribution >= 4 is 39.1 Å². The highest BCUT2D eigenvalue weighted by Crippen LogP contribution is 2.26. The molecule has 5 aromatic carbocycles. The summed E-state index contributed by atoms with van der Waals surface area (Å²) in [4.78, 5) is 29.3. The van der Waals surface area contributed by atoms with Gasteiger partial charge in [-0.2, -0.15) is 0 Å². The minimum atomic E-state index is -3.97. The lowest BCUT2D eigenvalue weighted by atomic mass is 10.0. The zero-order valence-corrected chi connectivity index (χ0v) is 28.0. The van der Waals surface area contributed by atoms with Crippen LogP contribution in [0.3, 0.4) is 0 Å². The Balaban J connectivity index is 1.37. The summed E-state index contributed by atoms with van der Waals surface area (Å²) in [6.07, 6.45) is 0. The predicted octanol–water partition coefficient (Wildman–Crippen LogP) is 6.75. The van der Waals surface area contributed by atoms with Crippen LogP contribution in [-0.2, 0) is 32.7 Å². The summed E-state index contributed by atoms with van der Waals surface area (Å²) >= 11 is 6.33. The van der Waals surface area contributed by atoms with Gasteiger partial charge in [-0.1, -0.05) is 72.3 Å². The van der Waals surface area contributed by atoms with Gasteiger partial charge < -0.3 is 19.7 Å². The monoisotopic (exact) mass is 701 g/mol. The van der Waals surface area contributed by atoms with Crippen molar-refractivity contribution in [1.82, 2.24) is 10.2 Å². The van der Waals surface area contributed by atoms with Crippen LogP contribution in [0, 0.1) is 5.82 Å². The average Bonchev–Trinajstić information content (AvgIpc) is 3.12. The molecule has 2 N–H and O–H groups in total. The number of carbonyl (C=O) groups is 2. The third-order valence-electron chi connectivity index (χ3n) is 7.51. The highest BCUT2D eigenvalue weighted by atomic mass is 35.5. The third kappa shape index (κ3) is 9.37. The van der Waals surface area contributed by atoms with E-state index in [2.05, 4.69) is 10.0 Å². The van der Waals surface area contributed by atoms with Crippen LogP contribution in [-0.4, -0.2) is 38.8 Å². The van der Waals surface area contributed by atoms with Gasteiger partial charge in [0.25, 0.3) is 15.9 Å². The van der Waals surface area contributed by atoms with E-state index >= 15 is 0 Å². The van der Waals surface area contributed by atoms with Gasteiger partial charge in [0.05, 0.1) is 12.0 Å². The second kappa shape index (κ2) is 16.1. The molecule has 0 bridgehead atoms. The van der Waals surface area contributed by atoms with Crippen LogP contribution in [0.1, 0.15) is 22.7 Å². The number of anilines is 1. The molecule has 0 radical (unpaired) electrons. The molecule has 0 saturated heterocycles. The van der Waals surface area contributed by atoms with Crippen LogP contribution >= 0.6 is 11.6 Å². The van der Waals surface area contributed by atoms with Gasteiger partial charge >= 0.3 is 0 Å². The number of halogens is 2. The number of hydrogen-bond acceptors (Lipinski definition) is 6. The van der Waals surface area contributed by atoms with E-state index in [0.29, 0.717) is 16.3 Å². The Labute approximate surface area is 289 Å². The quantitative estimate of drug-likeness (QED) is 0.132. The summed E-state index contributed by atoms with van der Waals surface area (Å²) in [5.41, 5.74) is 2.26. The molecular weight excluding hydrogens is 669 g/mol. The highest BCUT2D eigenvalue weighted by Gasteiger charge is 2.32. The molecule has 0 aliphatic rings. The largest absolute Gasteiger partial charge is 0.497 e. The molecule has 0 saturated carbocycles. The first-order chi connectivity index (χ1) is 23.6. The Morgan fingerprint density at radius 3 is 2.10 bits per heavy atom. The summed E-state index contributed by atoms with van der Waals surface area (Å²) in [5, 5.41) is 3.44. The van der Waals surface area contributed by atoms with Crippen molar-refractivity contribution in [3.05, 3.63) is 155 Å². The molecule has 252 valence electrons. The first-order valence-electron chi connectivity index (χ1n) is 15.1. The predicted molar refractivity (Wildman–Crippen MR) is 185 cm³/mol. The number of ether oxygens (including phenoxy) is 2. The standard InChI is InChI=1S/C37H33ClFN3O6S/c1-47-31-17-11-26(12-18-31)24-42(36(27-7-3-2-4-8-27)37(44)40-23-28-9-5-6-10-34(28)38)35(43)25-48-32-19-21-33(22-20-32)49(45,46)41-30-15-13-29(39)14-16-30/h2-22,36,41H,23-25H2,1H3,(H,40,44). The molecule has 5 rings (SSSR count). The van der Waals surface area contributed by atoms with Crippen molar-refractivity contribution in [2.45, 2.75) is 24.0 Å². The van der Waals surface area contributed by atoms with Crippen LogP contribution in [0.2, 0.25) is 5.02 Å². The molecular formula is C37H33ClFN3O6S. The topological polar surface area (TPSA) is 114 Å². The van der Waals surface area contributed by atoms with Gasteiger partial charge in [0.1, 0.15) is 23.4 Å². The summed E-state index contributed by atoms with van der Waals surface area (Å²) in [5.74, 6) is -0.531. The van der Waals surface area contributed by atoms with E-state index in [1.165, 1.54) is 41.3 Å². The van der Waals surface area contributed by atoms with Crippen LogP contribution in [0.15, 0.2) is 132 Å². The Morgan fingerprint density at radius 1 is 0.816 bits per heavy atom. The molecule has 2 amide bonds. The minimum absolute atomic E-state index is 0.0593. The van der Waals surface area contributed by atoms with Crippen molar-refractivity contribution in [3.8, 4) is 11.5 Å². The van der Waals surface area contributed by atoms with Crippen LogP contribution in [0.4, 0.5) is 10.1 Å². The zero-order valence-electron chi connectivity index (χ0n) is 26.4. The summed E-state index contributed by atoms with van der Waals surface area (Å²) in [6.45, 7) is -0.233. The summed E-state index contributed by atoms with van der Waals surface area (Å²) < 4.78 is 52.4. The molecule has 12 heteroatoms. The third-order valence-corrected chi connectivity index (χ3v) is 9.28. The Bertz CT molecular complexity index is 1980. The van der Waals surface area contributed by atoms with Crippen molar-refractivity contribution in [3.63, 3.8) is 0 Å². The molecule has 0 spiro atoms. The number of rotatable bonds is 14. The Hall–Kier alpha value is -5.39. The van der Waals surface area contributed by atoms with E-state index in [9.17, 15) is 22.4 Å². The normalized spacial score (nSPS) is 11.7. The Morgan fingerprint density at radius 2 is 1.45 bits per heavy atom. The lowest BCUT2D eigenvalue weighted by Gasteiger charge is -2.31. The van der Waals surface area contributed by atoms with Crippen molar-refractivity contribution in [2.24, 2.45) is 0 Å². The second-order valence-corrected chi connectivity index (χ2v) is 13.0. The molecule has 0 aliphatic carbocycles. The van der Waals surface area contributed by atoms with Crippen molar-refractivity contribution < 1.29 is 31.9 Å². The molecule has 0 aliphatic heterocycles. The number of carbonyl (C=O) groups excluding carboxylic acids is 2. The molecule has 49 heavy (non-hydrogen) atoms. The smallest absolute Gasteiger partial charge is 0.261 e. The fourth-order valence-electron chi connectivity index (χ4n) is 4.96. The number of methoxy groups -OCH3 is 1. The van der Waals surface area contributed by atoms with E-state index < -0.39 is 40.3 Å². The maximum atomic E-state index is 14.0. The van der Waals surface area contributed by atoms with Gasteiger partial charge in [-0.3, -0.25) is 14.3 Å². The van der Waals surface area contributed by atoms with E-state index in [0.717, 1.165) is 23.3 Å². The lowest BCUT2D eigenvalue weighted by Crippen LogP contribution is -2.45. The Kier molecular flexibility index (Phi) is 11.5. The average molecular weight is 702 g/mol. The molecule has 0 heterocycles. The number of hydrogen-bond donors (Lipinski definition) is 2. The molecule has 9 nitrogen and oxygen atoms in total. The molecule has 0 aromatic heterocycles. The number of nitrogens with one attached hydrogen (secondary N) is 2. The molecule has 5 aromatic rings. The first kappa shape index (κ1) is 34.9. The summed E-state index contributed by atoms with van der Waals surface area (Å²) in [7, 11) is -2.42. The lowest BCUT2D eigenvalue weighted by molar-refractivity contribution is -0.143. The SMILES string of the molecule is COc1ccc(CN(C(=O)COc2ccc(S(=O)(=O)Nc3ccc(F)cc3)cc2)C(C(=O)NCc2ccccc2Cl)c2ccccc2)cc1. The first-order valence-corrected chi connectivity index (χ1v) is 17.0. The van der Waals surface area contributed by atoms with Gasteiger partial charge in [-0.05, 0) is 83.4 Å². The van der Waals surface area contributed by atoms with Gasteiger partial charge in [0.2, 0.25) is 5.91 Å². The minimum Gasteiger partial charge on any atom is -0.497 e. The van der Waals surface area contributed by atoms with Crippen LogP contribution in [0.25, 0.3) is 0 Å². The molecule has 0 fully saturated rings. The zero-order chi connectivity index (χ0) is 34.8. The number of benzene rings is 5. The highest BCUT2D eigenvalue weighted by molar-refractivity contribution is 7.92. The van der Waals surface area contributed by atoms with Crippen molar-refractivity contribution in [2.75, 3.05) is 18.4 Å². The molecule has 1 atom stereocenters. The maximum Gasteiger partial charge on any atom is 0.261 e. The van der Waals surface area contributed by atoms with E-state index in [1.54, 1.807) is 55.6 Å². The van der Waals surface area contributed by atoms with Crippen LogP contribution < -0.4 is 19.5 Å². The number of nitrogens with zero attached hydrogens (tertiary/aromatic N) is 1. The second-order valence-electron chi connectivity index (χ2n) is 10.9. The van der Waals surface area contributed by atoms with E-state index in [-0.39, 0.29) is 29.4 Å². The number of amides is 2. The molecule has 1 unspecified atom stereocenters. The van der Waals surface area contributed by atoms with Gasteiger partial charge in [-0.15, -0.1) is 0 Å². The maximum absolute atomic E-state index is 14.0. The summed E-state index contributed by atoms with van der Waals surface area (Å²) in [6, 6.07) is 32.6. The van der Waals surface area contributed by atoms with Crippen molar-refractivity contribution in [1.29, 1.82) is 0 Å². The fraction of sp³-hybridized carbons (Fsp3) is 0.135. The van der Waals surface area contributed by atoms with E-state index in [1.807, 2.05) is 30.3 Å². The fourth-order valence-corrected chi connectivity index (χ4v) is 6.22. The van der Waals surface area contributed by atoms with E-state index in [4.69, 9.17) is 21.1 Å².